The Kier molecular flexibility index (Phi) is 2.69. The zero-order chi connectivity index (χ0) is 9.14. The van der Waals surface area contributed by atoms with E-state index in [-0.39, 0.29) is 11.5 Å². The van der Waals surface area contributed by atoms with Crippen LogP contribution in [0.3, 0.4) is 0 Å². The van der Waals surface area contributed by atoms with E-state index in [0.29, 0.717) is 4.47 Å². The van der Waals surface area contributed by atoms with Gasteiger partial charge in [-0.3, -0.25) is 0 Å². The van der Waals surface area contributed by atoms with Crippen LogP contribution in [0.1, 0.15) is 5.69 Å². The number of nitrogens with zero attached hydrogens (tertiary/aromatic N) is 2. The summed E-state index contributed by atoms with van der Waals surface area (Å²) < 4.78 is 12.6. The molecule has 0 bridgehead atoms. The van der Waals surface area contributed by atoms with Gasteiger partial charge in [-0.25, -0.2) is 4.39 Å². The van der Waals surface area contributed by atoms with E-state index in [9.17, 15) is 14.5 Å². The maximum absolute atomic E-state index is 12.1. The van der Waals surface area contributed by atoms with Crippen LogP contribution < -0.4 is 0 Å². The lowest BCUT2D eigenvalue weighted by molar-refractivity contribution is -0.389. The summed E-state index contributed by atoms with van der Waals surface area (Å²) in [5.41, 5.74) is 0.0456. The molecule has 0 unspecified atom stereocenters. The monoisotopic (exact) mass is 234 g/mol. The van der Waals surface area contributed by atoms with E-state index in [2.05, 4.69) is 20.9 Å². The zero-order valence-corrected chi connectivity index (χ0v) is 7.41. The van der Waals surface area contributed by atoms with Crippen molar-refractivity contribution in [2.75, 3.05) is 0 Å². The van der Waals surface area contributed by atoms with E-state index in [4.69, 9.17) is 0 Å². The van der Waals surface area contributed by atoms with E-state index in [1.807, 2.05) is 0 Å². The molecule has 0 N–H and O–H groups in total. The topological polar surface area (TPSA) is 56.0 Å². The fourth-order valence-electron chi connectivity index (χ4n) is 0.668. The molecule has 1 heterocycles. The molecule has 0 fully saturated rings. The number of hydrogen-bond donors (Lipinski definition) is 0. The van der Waals surface area contributed by atoms with Gasteiger partial charge in [-0.1, -0.05) is 0 Å². The van der Waals surface area contributed by atoms with Crippen molar-refractivity contribution in [3.8, 4) is 0 Å². The molecular weight excluding hydrogens is 231 g/mol. The lowest BCUT2D eigenvalue weighted by atomic mass is 10.4. The van der Waals surface area contributed by atoms with Gasteiger partial charge >= 0.3 is 5.82 Å². The average Bonchev–Trinajstić information content (AvgIpc) is 2.05. The van der Waals surface area contributed by atoms with Crippen LogP contribution in [0.2, 0.25) is 0 Å². The minimum absolute atomic E-state index is 0.0456. The molecule has 0 amide bonds. The number of alkyl halides is 1. The molecule has 0 saturated carbocycles. The number of pyridine rings is 1. The van der Waals surface area contributed by atoms with Crippen molar-refractivity contribution in [2.24, 2.45) is 0 Å². The first-order chi connectivity index (χ1) is 5.65. The number of nitro groups is 1. The first kappa shape index (κ1) is 9.05. The molecule has 0 atom stereocenters. The minimum atomic E-state index is -0.817. The van der Waals surface area contributed by atoms with Gasteiger partial charge in [-0.15, -0.1) is 0 Å². The summed E-state index contributed by atoms with van der Waals surface area (Å²) in [4.78, 5) is 13.0. The highest BCUT2D eigenvalue weighted by molar-refractivity contribution is 9.10. The van der Waals surface area contributed by atoms with Crippen molar-refractivity contribution >= 4 is 21.7 Å². The Morgan fingerprint density at radius 2 is 2.33 bits per heavy atom. The third-order valence-electron chi connectivity index (χ3n) is 1.22. The molecule has 0 radical (unpaired) electrons. The van der Waals surface area contributed by atoms with E-state index >= 15 is 0 Å². The standard InChI is InChI=1S/C6H4BrFN2O2/c7-4-1-2-6(10(11)12)9-5(4)3-8/h1-2H,3H2. The second-order valence-corrected chi connectivity index (χ2v) is 2.84. The minimum Gasteiger partial charge on any atom is -0.358 e. The van der Waals surface area contributed by atoms with Gasteiger partial charge in [0.05, 0.1) is 4.47 Å². The van der Waals surface area contributed by atoms with Crippen LogP contribution in [-0.4, -0.2) is 9.91 Å². The lowest BCUT2D eigenvalue weighted by Gasteiger charge is -1.94. The Balaban J connectivity index is 3.13. The van der Waals surface area contributed by atoms with E-state index in [1.54, 1.807) is 0 Å². The fourth-order valence-corrected chi connectivity index (χ4v) is 0.995. The molecular formula is C6H4BrFN2O2. The number of hydrogen-bond acceptors (Lipinski definition) is 3. The molecule has 1 rings (SSSR count). The van der Waals surface area contributed by atoms with Gasteiger partial charge in [-0.2, -0.15) is 0 Å². The summed E-state index contributed by atoms with van der Waals surface area (Å²) in [6, 6.07) is 2.61. The van der Waals surface area contributed by atoms with Gasteiger partial charge < -0.3 is 10.1 Å². The summed E-state index contributed by atoms with van der Waals surface area (Å²) in [7, 11) is 0. The van der Waals surface area contributed by atoms with Gasteiger partial charge in [0, 0.05) is 6.07 Å². The van der Waals surface area contributed by atoms with Crippen LogP contribution in [0.15, 0.2) is 16.6 Å². The predicted octanol–water partition coefficient (Wildman–Crippen LogP) is 2.22. The highest BCUT2D eigenvalue weighted by atomic mass is 79.9. The molecule has 12 heavy (non-hydrogen) atoms. The molecule has 6 heteroatoms. The summed E-state index contributed by atoms with van der Waals surface area (Å²) in [5.74, 6) is -0.342. The highest BCUT2D eigenvalue weighted by Crippen LogP contribution is 2.18. The van der Waals surface area contributed by atoms with Gasteiger partial charge in [0.15, 0.2) is 12.4 Å². The van der Waals surface area contributed by atoms with Crippen LogP contribution in [0.25, 0.3) is 0 Å². The van der Waals surface area contributed by atoms with Gasteiger partial charge in [0.1, 0.15) is 0 Å². The summed E-state index contributed by atoms with van der Waals surface area (Å²) in [6.07, 6.45) is 0. The van der Waals surface area contributed by atoms with Crippen LogP contribution >= 0.6 is 15.9 Å². The van der Waals surface area contributed by atoms with Crippen molar-refractivity contribution in [3.05, 3.63) is 32.4 Å². The van der Waals surface area contributed by atoms with Crippen molar-refractivity contribution in [3.63, 3.8) is 0 Å². The van der Waals surface area contributed by atoms with Crippen LogP contribution in [0.4, 0.5) is 10.2 Å². The van der Waals surface area contributed by atoms with Crippen molar-refractivity contribution in [1.29, 1.82) is 0 Å². The molecule has 64 valence electrons. The highest BCUT2D eigenvalue weighted by Gasteiger charge is 2.12. The van der Waals surface area contributed by atoms with Crippen molar-refractivity contribution in [1.82, 2.24) is 4.98 Å². The quantitative estimate of drug-likeness (QED) is 0.583. The fraction of sp³-hybridized carbons (Fsp3) is 0.167. The SMILES string of the molecule is O=[N+]([O-])c1ccc(Br)c(CF)n1. The van der Waals surface area contributed by atoms with Gasteiger partial charge in [0.2, 0.25) is 0 Å². The average molecular weight is 235 g/mol. The Hall–Kier alpha value is -1.04. The Morgan fingerprint density at radius 3 is 2.83 bits per heavy atom. The number of aromatic nitrogens is 1. The molecule has 0 saturated heterocycles. The second-order valence-electron chi connectivity index (χ2n) is 1.99. The summed E-state index contributed by atoms with van der Waals surface area (Å²) >= 11 is 3.01. The Labute approximate surface area is 75.7 Å². The molecule has 0 aliphatic heterocycles. The second kappa shape index (κ2) is 3.57. The Morgan fingerprint density at radius 1 is 1.67 bits per heavy atom. The maximum atomic E-state index is 12.1. The first-order valence-electron chi connectivity index (χ1n) is 3.01. The smallest absolute Gasteiger partial charge is 0.358 e. The van der Waals surface area contributed by atoms with E-state index in [1.165, 1.54) is 12.1 Å². The molecule has 1 aromatic rings. The first-order valence-corrected chi connectivity index (χ1v) is 3.80. The molecule has 0 aromatic carbocycles. The van der Waals surface area contributed by atoms with Crippen molar-refractivity contribution in [2.45, 2.75) is 6.67 Å². The lowest BCUT2D eigenvalue weighted by Crippen LogP contribution is -1.95. The molecule has 1 aromatic heterocycles. The van der Waals surface area contributed by atoms with Gasteiger partial charge in [-0.05, 0) is 31.9 Å². The largest absolute Gasteiger partial charge is 0.363 e. The van der Waals surface area contributed by atoms with Crippen LogP contribution in [-0.2, 0) is 6.67 Å². The maximum Gasteiger partial charge on any atom is 0.363 e. The zero-order valence-electron chi connectivity index (χ0n) is 5.83. The Bertz CT molecular complexity index is 318. The third kappa shape index (κ3) is 1.76. The normalized spacial score (nSPS) is 9.83. The molecule has 0 spiro atoms. The molecule has 0 aliphatic carbocycles. The van der Waals surface area contributed by atoms with E-state index < -0.39 is 11.6 Å². The number of halogens is 2. The van der Waals surface area contributed by atoms with E-state index in [0.717, 1.165) is 0 Å². The summed E-state index contributed by atoms with van der Waals surface area (Å²) in [5, 5.41) is 10.2. The molecule has 0 aliphatic rings. The summed E-state index contributed by atoms with van der Waals surface area (Å²) in [6.45, 7) is -0.817. The number of rotatable bonds is 2. The van der Waals surface area contributed by atoms with Gasteiger partial charge in [0.25, 0.3) is 0 Å². The predicted molar refractivity (Wildman–Crippen MR) is 43.4 cm³/mol. The van der Waals surface area contributed by atoms with Crippen LogP contribution in [0, 0.1) is 10.1 Å². The molecule has 4 nitrogen and oxygen atoms in total. The van der Waals surface area contributed by atoms with Crippen LogP contribution in [0.5, 0.6) is 0 Å². The third-order valence-corrected chi connectivity index (χ3v) is 1.94. The van der Waals surface area contributed by atoms with Crippen molar-refractivity contribution < 1.29 is 9.31 Å².